The number of hydrogen-bond acceptors (Lipinski definition) is 4. The highest BCUT2D eigenvalue weighted by Gasteiger charge is 2.25. The molecule has 1 fully saturated rings. The predicted octanol–water partition coefficient (Wildman–Crippen LogP) is 2.36. The van der Waals surface area contributed by atoms with Crippen LogP contribution in [0.15, 0.2) is 23.1 Å². The van der Waals surface area contributed by atoms with Crippen molar-refractivity contribution in [2.45, 2.75) is 43.4 Å². The van der Waals surface area contributed by atoms with Crippen molar-refractivity contribution in [1.29, 1.82) is 0 Å². The summed E-state index contributed by atoms with van der Waals surface area (Å²) in [5.74, 6) is -0.258. The van der Waals surface area contributed by atoms with E-state index in [1.54, 1.807) is 0 Å². The summed E-state index contributed by atoms with van der Waals surface area (Å²) in [4.78, 5) is -0.0784. The number of nitrogens with one attached hydrogen (secondary N) is 2. The van der Waals surface area contributed by atoms with Gasteiger partial charge in [0.2, 0.25) is 10.0 Å². The first-order valence-corrected chi connectivity index (χ1v) is 8.64. The van der Waals surface area contributed by atoms with E-state index in [9.17, 15) is 17.2 Å². The molecule has 9 heteroatoms. The zero-order valence-electron chi connectivity index (χ0n) is 11.9. The molecule has 1 heterocycles. The number of hydrogen-bond donors (Lipinski definition) is 2. The smallest absolute Gasteiger partial charge is 0.387 e. The maximum Gasteiger partial charge on any atom is 0.387 e. The molecule has 1 aromatic carbocycles. The minimum atomic E-state index is -3.76. The Morgan fingerprint density at radius 1 is 1.45 bits per heavy atom. The molecule has 1 aliphatic rings. The fourth-order valence-electron chi connectivity index (χ4n) is 2.37. The third-order valence-electron chi connectivity index (χ3n) is 3.38. The second-order valence-electron chi connectivity index (χ2n) is 5.17. The van der Waals surface area contributed by atoms with Gasteiger partial charge < -0.3 is 10.1 Å². The van der Waals surface area contributed by atoms with Gasteiger partial charge in [0.25, 0.3) is 0 Å². The van der Waals surface area contributed by atoms with E-state index in [4.69, 9.17) is 11.6 Å². The third-order valence-corrected chi connectivity index (χ3v) is 5.19. The number of sulfonamides is 1. The fraction of sp³-hybridized carbons (Fsp3) is 0.538. The molecule has 0 amide bonds. The molecular weight excluding hydrogens is 338 g/mol. The van der Waals surface area contributed by atoms with E-state index < -0.39 is 16.6 Å². The van der Waals surface area contributed by atoms with Crippen molar-refractivity contribution < 1.29 is 21.9 Å². The first-order valence-electron chi connectivity index (χ1n) is 6.78. The molecule has 5 nitrogen and oxygen atoms in total. The second kappa shape index (κ2) is 7.08. The van der Waals surface area contributed by atoms with Crippen LogP contribution in [-0.2, 0) is 10.0 Å². The van der Waals surface area contributed by atoms with Gasteiger partial charge in [0.1, 0.15) is 5.75 Å². The Kier molecular flexibility index (Phi) is 5.60. The van der Waals surface area contributed by atoms with Crippen LogP contribution < -0.4 is 14.8 Å². The van der Waals surface area contributed by atoms with Crippen LogP contribution in [0.2, 0.25) is 5.02 Å². The van der Waals surface area contributed by atoms with Crippen LogP contribution in [0.1, 0.15) is 19.8 Å². The van der Waals surface area contributed by atoms with Crippen molar-refractivity contribution in [3.8, 4) is 5.75 Å². The summed E-state index contributed by atoms with van der Waals surface area (Å²) < 4.78 is 55.8. The van der Waals surface area contributed by atoms with Gasteiger partial charge in [0.05, 0.1) is 9.92 Å². The summed E-state index contributed by atoms with van der Waals surface area (Å²) in [5, 5.41) is 3.05. The molecule has 2 N–H and O–H groups in total. The van der Waals surface area contributed by atoms with Crippen LogP contribution in [-0.4, -0.2) is 33.7 Å². The van der Waals surface area contributed by atoms with Gasteiger partial charge in [-0.15, -0.1) is 0 Å². The topological polar surface area (TPSA) is 67.4 Å². The van der Waals surface area contributed by atoms with Gasteiger partial charge in [-0.25, -0.2) is 13.1 Å². The molecule has 1 saturated heterocycles. The highest BCUT2D eigenvalue weighted by Crippen LogP contribution is 2.28. The van der Waals surface area contributed by atoms with Gasteiger partial charge in [-0.05, 0) is 44.5 Å². The molecule has 2 unspecified atom stereocenters. The number of halogens is 3. The Morgan fingerprint density at radius 3 is 2.77 bits per heavy atom. The van der Waals surface area contributed by atoms with Crippen molar-refractivity contribution in [3.05, 3.63) is 23.2 Å². The lowest BCUT2D eigenvalue weighted by Crippen LogP contribution is -2.46. The number of alkyl halides is 2. The summed E-state index contributed by atoms with van der Waals surface area (Å²) in [5.41, 5.74) is 0. The van der Waals surface area contributed by atoms with Crippen LogP contribution >= 0.6 is 11.6 Å². The number of ether oxygens (including phenoxy) is 1. The Labute approximate surface area is 133 Å². The molecule has 22 heavy (non-hydrogen) atoms. The summed E-state index contributed by atoms with van der Waals surface area (Å²) >= 11 is 5.78. The van der Waals surface area contributed by atoms with E-state index in [1.165, 1.54) is 6.07 Å². The van der Waals surface area contributed by atoms with E-state index in [1.807, 2.05) is 6.92 Å². The molecule has 1 aromatic rings. The lowest BCUT2D eigenvalue weighted by molar-refractivity contribution is -0.0498. The molecule has 0 saturated carbocycles. The first kappa shape index (κ1) is 17.4. The quantitative estimate of drug-likeness (QED) is 0.851. The number of rotatable bonds is 5. The molecular formula is C13H17ClF2N2O3S. The van der Waals surface area contributed by atoms with Crippen molar-refractivity contribution in [2.24, 2.45) is 0 Å². The van der Waals surface area contributed by atoms with E-state index in [0.29, 0.717) is 12.8 Å². The Hall–Kier alpha value is -0.960. The Balaban J connectivity index is 2.13. The average Bonchev–Trinajstić information content (AvgIpc) is 2.40. The van der Waals surface area contributed by atoms with Gasteiger partial charge in [0.15, 0.2) is 0 Å². The molecule has 2 atom stereocenters. The van der Waals surface area contributed by atoms with Gasteiger partial charge in [-0.3, -0.25) is 0 Å². The molecule has 2 rings (SSSR count). The molecule has 0 spiro atoms. The second-order valence-corrected chi connectivity index (χ2v) is 7.29. The standard InChI is InChI=1S/C13H17ClF2N2O3S/c1-8-6-9(4-5-17-8)18-22(19,20)10-2-3-12(11(14)7-10)21-13(15)16/h2-3,7-9,13,17-18H,4-6H2,1H3. The van der Waals surface area contributed by atoms with Gasteiger partial charge in [-0.2, -0.15) is 8.78 Å². The summed E-state index contributed by atoms with van der Waals surface area (Å²) in [6, 6.07) is 3.47. The van der Waals surface area contributed by atoms with E-state index in [2.05, 4.69) is 14.8 Å². The van der Waals surface area contributed by atoms with Crippen molar-refractivity contribution in [1.82, 2.24) is 10.0 Å². The Morgan fingerprint density at radius 2 is 2.18 bits per heavy atom. The van der Waals surface area contributed by atoms with Crippen molar-refractivity contribution >= 4 is 21.6 Å². The zero-order valence-corrected chi connectivity index (χ0v) is 13.4. The highest BCUT2D eigenvalue weighted by atomic mass is 35.5. The molecule has 0 aromatic heterocycles. The van der Waals surface area contributed by atoms with Crippen LogP contribution in [0, 0.1) is 0 Å². The summed E-state index contributed by atoms with van der Waals surface area (Å²) in [6.45, 7) is -0.307. The highest BCUT2D eigenvalue weighted by molar-refractivity contribution is 7.89. The molecule has 0 radical (unpaired) electrons. The maximum atomic E-state index is 12.3. The van der Waals surface area contributed by atoms with E-state index >= 15 is 0 Å². The lowest BCUT2D eigenvalue weighted by Gasteiger charge is -2.28. The normalized spacial score (nSPS) is 22.8. The van der Waals surface area contributed by atoms with Gasteiger partial charge in [0, 0.05) is 12.1 Å². The Bertz CT molecular complexity index is 628. The van der Waals surface area contributed by atoms with Crippen LogP contribution in [0.25, 0.3) is 0 Å². The van der Waals surface area contributed by atoms with Crippen molar-refractivity contribution in [2.75, 3.05) is 6.54 Å². The third kappa shape index (κ3) is 4.52. The lowest BCUT2D eigenvalue weighted by atomic mass is 10.0. The zero-order chi connectivity index (χ0) is 16.3. The molecule has 124 valence electrons. The van der Waals surface area contributed by atoms with Gasteiger partial charge >= 0.3 is 6.61 Å². The van der Waals surface area contributed by atoms with Crippen molar-refractivity contribution in [3.63, 3.8) is 0 Å². The van der Waals surface area contributed by atoms with Crippen LogP contribution in [0.3, 0.4) is 0 Å². The minimum absolute atomic E-state index is 0.0784. The van der Waals surface area contributed by atoms with Crippen LogP contribution in [0.4, 0.5) is 8.78 Å². The van der Waals surface area contributed by atoms with E-state index in [0.717, 1.165) is 18.7 Å². The number of benzene rings is 1. The molecule has 0 aliphatic carbocycles. The van der Waals surface area contributed by atoms with Crippen LogP contribution in [0.5, 0.6) is 5.75 Å². The average molecular weight is 355 g/mol. The maximum absolute atomic E-state index is 12.3. The summed E-state index contributed by atoms with van der Waals surface area (Å²) in [7, 11) is -3.76. The predicted molar refractivity (Wildman–Crippen MR) is 78.9 cm³/mol. The SMILES string of the molecule is CC1CC(NS(=O)(=O)c2ccc(OC(F)F)c(Cl)c2)CCN1. The fourth-order valence-corrected chi connectivity index (χ4v) is 3.97. The monoisotopic (exact) mass is 354 g/mol. The summed E-state index contributed by atoms with van der Waals surface area (Å²) in [6.07, 6.45) is 1.36. The molecule has 1 aliphatic heterocycles. The first-order chi connectivity index (χ1) is 10.3. The van der Waals surface area contributed by atoms with E-state index in [-0.39, 0.29) is 27.8 Å². The largest absolute Gasteiger partial charge is 0.433 e. The minimum Gasteiger partial charge on any atom is -0.433 e. The number of piperidine rings is 1. The van der Waals surface area contributed by atoms with Gasteiger partial charge in [-0.1, -0.05) is 11.6 Å². The molecule has 0 bridgehead atoms.